The summed E-state index contributed by atoms with van der Waals surface area (Å²) in [6.45, 7) is 0. The maximum Gasteiger partial charge on any atom is 0.237 e. The summed E-state index contributed by atoms with van der Waals surface area (Å²) < 4.78 is 57.3. The zero-order valence-electron chi connectivity index (χ0n) is 43.3. The van der Waals surface area contributed by atoms with E-state index in [0.29, 0.717) is 98.1 Å². The number of anilines is 2. The zero-order chi connectivity index (χ0) is 54.9. The lowest BCUT2D eigenvalue weighted by atomic mass is 9.80. The van der Waals surface area contributed by atoms with Crippen molar-refractivity contribution in [2.24, 2.45) is 0 Å². The molecular formula is C64H52F4N8O4. The van der Waals surface area contributed by atoms with Crippen LogP contribution in [0.1, 0.15) is 150 Å². The van der Waals surface area contributed by atoms with E-state index in [0.717, 1.165) is 68.3 Å². The van der Waals surface area contributed by atoms with Crippen molar-refractivity contribution in [1.29, 1.82) is 0 Å². The van der Waals surface area contributed by atoms with Crippen molar-refractivity contribution in [3.05, 3.63) is 236 Å². The van der Waals surface area contributed by atoms with Gasteiger partial charge in [0.15, 0.2) is 34.8 Å². The molecule has 4 aliphatic carbocycles. The predicted molar refractivity (Wildman–Crippen MR) is 288 cm³/mol. The van der Waals surface area contributed by atoms with Crippen molar-refractivity contribution in [1.82, 2.24) is 29.9 Å². The molecule has 0 unspecified atom stereocenters. The van der Waals surface area contributed by atoms with Gasteiger partial charge in [-0.1, -0.05) is 48.5 Å². The molecule has 14 rings (SSSR count). The van der Waals surface area contributed by atoms with E-state index in [1.165, 1.54) is 0 Å². The minimum Gasteiger partial charge on any atom is -0.310 e. The van der Waals surface area contributed by atoms with E-state index >= 15 is 0 Å². The standard InChI is InChI=1S/2C32H26F2N4O2/c2*33-25-7-1-5-23(28(25)34)18-8-9-20(29-19(12-18)4-2-10-35-29)14-27(39)22-13-21-15-32(16-26(21)37-17-22)24-6-3-11-36-30(24)38-31(32)40/h2*1-7,10-11,13,17-18,20H,8-9,12,14-16H2,(H,36,38,40)/t18-,20+,32+;18-,20+,32-/m10/s1. The molecule has 2 spiro atoms. The van der Waals surface area contributed by atoms with E-state index < -0.39 is 34.1 Å². The second kappa shape index (κ2) is 20.2. The van der Waals surface area contributed by atoms with Crippen LogP contribution in [0.15, 0.2) is 134 Å². The molecule has 6 aromatic heterocycles. The van der Waals surface area contributed by atoms with Gasteiger partial charge in [0, 0.05) is 120 Å². The number of hydrogen-bond acceptors (Lipinski definition) is 10. The van der Waals surface area contributed by atoms with Crippen LogP contribution in [0, 0.1) is 23.3 Å². The number of rotatable bonds is 8. The number of carbonyl (C=O) groups excluding carboxylic acids is 4. The summed E-state index contributed by atoms with van der Waals surface area (Å²) >= 11 is 0. The Labute approximate surface area is 458 Å². The Morgan fingerprint density at radius 2 is 0.912 bits per heavy atom. The van der Waals surface area contributed by atoms with Gasteiger partial charge >= 0.3 is 0 Å². The third-order valence-corrected chi connectivity index (χ3v) is 17.7. The number of nitrogens with zero attached hydrogens (tertiary/aromatic N) is 6. The second-order valence-electron chi connectivity index (χ2n) is 22.2. The third-order valence-electron chi connectivity index (χ3n) is 17.7. The van der Waals surface area contributed by atoms with Crippen LogP contribution in [0.5, 0.6) is 0 Å². The van der Waals surface area contributed by atoms with Crippen molar-refractivity contribution >= 4 is 35.0 Å². The van der Waals surface area contributed by atoms with Gasteiger partial charge in [0.25, 0.3) is 0 Å². The maximum absolute atomic E-state index is 14.7. The highest BCUT2D eigenvalue weighted by atomic mass is 19.2. The molecule has 0 saturated carbocycles. The molecule has 2 aliphatic heterocycles. The van der Waals surface area contributed by atoms with Crippen LogP contribution in [0.4, 0.5) is 29.2 Å². The number of Topliss-reactive ketones (excluding diaryl/α,β-unsaturated/α-hetero) is 2. The van der Waals surface area contributed by atoms with Crippen LogP contribution in [-0.2, 0) is 58.9 Å². The van der Waals surface area contributed by atoms with Gasteiger partial charge in [0.1, 0.15) is 11.6 Å². The summed E-state index contributed by atoms with van der Waals surface area (Å²) in [5.41, 5.74) is 9.06. The topological polar surface area (TPSA) is 170 Å². The van der Waals surface area contributed by atoms with Gasteiger partial charge in [-0.3, -0.25) is 39.1 Å². The fourth-order valence-electron chi connectivity index (χ4n) is 13.6. The van der Waals surface area contributed by atoms with Crippen molar-refractivity contribution in [3.63, 3.8) is 0 Å². The first kappa shape index (κ1) is 50.8. The van der Waals surface area contributed by atoms with Crippen LogP contribution in [0.3, 0.4) is 0 Å². The molecule has 2 aromatic carbocycles. The SMILES string of the molecule is O=C(C[C@@H]1CC[C@@H](c2cccc(F)c2F)Cc2cccnc21)c1cnc2c(c1)C[C@@]1(C2)C(=O)Nc2ncccc21.O=C(C[C@H]1CC[C@H](c2cccc(F)c2F)Cc2cccnc21)c1cnc2c(c1)C[C@@]1(C2)C(=O)Nc2ncccc21. The molecule has 0 radical (unpaired) electrons. The molecule has 0 saturated heterocycles. The summed E-state index contributed by atoms with van der Waals surface area (Å²) in [5, 5.41) is 5.80. The summed E-state index contributed by atoms with van der Waals surface area (Å²) in [6.07, 6.45) is 15.9. The van der Waals surface area contributed by atoms with Crippen molar-refractivity contribution < 1.29 is 36.7 Å². The Kier molecular flexibility index (Phi) is 12.8. The number of pyridine rings is 6. The number of aromatic nitrogens is 6. The summed E-state index contributed by atoms with van der Waals surface area (Å²) in [5.74, 6) is -3.09. The number of fused-ring (bicyclic) bond motifs is 8. The van der Waals surface area contributed by atoms with Gasteiger partial charge in [-0.05, 0) is 145 Å². The average Bonchev–Trinajstić information content (AvgIpc) is 4.22. The number of carbonyl (C=O) groups is 4. The molecule has 400 valence electrons. The molecule has 0 fully saturated rings. The first-order chi connectivity index (χ1) is 38.9. The Bertz CT molecular complexity index is 3630. The molecule has 2 amide bonds. The Morgan fingerprint density at radius 3 is 1.36 bits per heavy atom. The molecule has 6 aliphatic rings. The smallest absolute Gasteiger partial charge is 0.237 e. The lowest BCUT2D eigenvalue weighted by Crippen LogP contribution is -2.35. The average molecular weight is 1070 g/mol. The highest BCUT2D eigenvalue weighted by molar-refractivity contribution is 6.07. The van der Waals surface area contributed by atoms with Crippen LogP contribution in [0.2, 0.25) is 0 Å². The monoisotopic (exact) mass is 1070 g/mol. The number of halogens is 4. The van der Waals surface area contributed by atoms with E-state index in [1.54, 1.807) is 61.4 Å². The fraction of sp³-hybridized carbons (Fsp3) is 0.281. The number of amides is 2. The summed E-state index contributed by atoms with van der Waals surface area (Å²) in [7, 11) is 0. The van der Waals surface area contributed by atoms with Crippen molar-refractivity contribution in [2.75, 3.05) is 10.6 Å². The van der Waals surface area contributed by atoms with E-state index in [9.17, 15) is 36.7 Å². The fourth-order valence-corrected chi connectivity index (χ4v) is 13.6. The van der Waals surface area contributed by atoms with Gasteiger partial charge < -0.3 is 10.6 Å². The molecule has 16 heteroatoms. The highest BCUT2D eigenvalue weighted by Gasteiger charge is 2.53. The van der Waals surface area contributed by atoms with E-state index in [-0.39, 0.29) is 59.9 Å². The van der Waals surface area contributed by atoms with Crippen molar-refractivity contribution in [3.8, 4) is 0 Å². The van der Waals surface area contributed by atoms with Gasteiger partial charge in [-0.25, -0.2) is 27.5 Å². The van der Waals surface area contributed by atoms with E-state index in [1.807, 2.05) is 60.7 Å². The third kappa shape index (κ3) is 8.85. The van der Waals surface area contributed by atoms with E-state index in [2.05, 4.69) is 40.5 Å². The van der Waals surface area contributed by atoms with Crippen molar-refractivity contribution in [2.45, 2.75) is 112 Å². The molecule has 80 heavy (non-hydrogen) atoms. The first-order valence-electron chi connectivity index (χ1n) is 27.2. The molecule has 2 N–H and O–H groups in total. The molecule has 0 bridgehead atoms. The molecule has 6 atom stereocenters. The Balaban J connectivity index is 0.000000151. The van der Waals surface area contributed by atoms with Crippen LogP contribution in [-0.4, -0.2) is 53.3 Å². The minimum absolute atomic E-state index is 0.0498. The highest BCUT2D eigenvalue weighted by Crippen LogP contribution is 2.49. The number of benzene rings is 2. The zero-order valence-corrected chi connectivity index (χ0v) is 43.3. The number of ketones is 2. The van der Waals surface area contributed by atoms with Crippen LogP contribution in [0.25, 0.3) is 0 Å². The minimum atomic E-state index is -0.847. The molecule has 8 heterocycles. The lowest BCUT2D eigenvalue weighted by Gasteiger charge is -2.19. The van der Waals surface area contributed by atoms with Gasteiger partial charge in [-0.15, -0.1) is 0 Å². The quantitative estimate of drug-likeness (QED) is 0.0848. The predicted octanol–water partition coefficient (Wildman–Crippen LogP) is 11.2. The lowest BCUT2D eigenvalue weighted by molar-refractivity contribution is -0.121. The van der Waals surface area contributed by atoms with Gasteiger partial charge in [0.05, 0.1) is 10.8 Å². The van der Waals surface area contributed by atoms with Crippen LogP contribution >= 0.6 is 0 Å². The van der Waals surface area contributed by atoms with E-state index in [4.69, 9.17) is 0 Å². The largest absolute Gasteiger partial charge is 0.310 e. The number of nitrogens with one attached hydrogen (secondary N) is 2. The summed E-state index contributed by atoms with van der Waals surface area (Å²) in [6, 6.07) is 27.5. The molecular weight excluding hydrogens is 1020 g/mol. The second-order valence-corrected chi connectivity index (χ2v) is 22.2. The normalized spacial score (nSPS) is 22.8. The van der Waals surface area contributed by atoms with Crippen LogP contribution < -0.4 is 10.6 Å². The summed E-state index contributed by atoms with van der Waals surface area (Å²) in [4.78, 5) is 80.3. The Morgan fingerprint density at radius 1 is 0.487 bits per heavy atom. The van der Waals surface area contributed by atoms with Gasteiger partial charge in [-0.2, -0.15) is 0 Å². The van der Waals surface area contributed by atoms with Gasteiger partial charge in [0.2, 0.25) is 11.8 Å². The number of hydrogen-bond donors (Lipinski definition) is 2. The molecule has 12 nitrogen and oxygen atoms in total. The first-order valence-corrected chi connectivity index (χ1v) is 27.2. The maximum atomic E-state index is 14.7. The molecule has 8 aromatic rings. The Hall–Kier alpha value is -8.66.